The fourth-order valence-electron chi connectivity index (χ4n) is 2.32. The van der Waals surface area contributed by atoms with Crippen molar-refractivity contribution in [1.29, 1.82) is 0 Å². The minimum atomic E-state index is -0.144. The molecule has 1 saturated heterocycles. The van der Waals surface area contributed by atoms with E-state index in [1.54, 1.807) is 0 Å². The van der Waals surface area contributed by atoms with Gasteiger partial charge < -0.3 is 10.2 Å². The van der Waals surface area contributed by atoms with Crippen LogP contribution < -0.4 is 5.32 Å². The first-order valence-electron chi connectivity index (χ1n) is 7.20. The van der Waals surface area contributed by atoms with Crippen molar-refractivity contribution in [2.24, 2.45) is 5.92 Å². The minimum absolute atomic E-state index is 0.0519. The number of carbonyl (C=O) groups is 2. The Labute approximate surface area is 110 Å². The van der Waals surface area contributed by atoms with E-state index in [0.29, 0.717) is 13.0 Å². The molecule has 1 aliphatic heterocycles. The lowest BCUT2D eigenvalue weighted by atomic mass is 10.1. The molecule has 1 heterocycles. The number of hydrogen-bond donors (Lipinski definition) is 1. The quantitative estimate of drug-likeness (QED) is 0.755. The van der Waals surface area contributed by atoms with Crippen LogP contribution in [-0.2, 0) is 9.59 Å². The third-order valence-corrected chi connectivity index (χ3v) is 3.70. The van der Waals surface area contributed by atoms with Gasteiger partial charge in [0.25, 0.3) is 0 Å². The van der Waals surface area contributed by atoms with E-state index >= 15 is 0 Å². The molecule has 4 nitrogen and oxygen atoms in total. The summed E-state index contributed by atoms with van der Waals surface area (Å²) in [6.45, 7) is 7.65. The van der Waals surface area contributed by atoms with Crippen LogP contribution in [0.3, 0.4) is 0 Å². The first-order chi connectivity index (χ1) is 8.62. The largest absolute Gasteiger partial charge is 0.353 e. The van der Waals surface area contributed by atoms with Crippen molar-refractivity contribution in [2.45, 2.75) is 58.9 Å². The second-order valence-corrected chi connectivity index (χ2v) is 5.12. The molecule has 104 valence electrons. The molecule has 1 aliphatic rings. The van der Waals surface area contributed by atoms with Gasteiger partial charge in [-0.25, -0.2) is 0 Å². The summed E-state index contributed by atoms with van der Waals surface area (Å²) in [7, 11) is 0. The van der Waals surface area contributed by atoms with Crippen LogP contribution in [0.1, 0.15) is 52.9 Å². The predicted octanol–water partition coefficient (Wildman–Crippen LogP) is 1.94. The maximum Gasteiger partial charge on any atom is 0.225 e. The van der Waals surface area contributed by atoms with Gasteiger partial charge in [-0.2, -0.15) is 0 Å². The molecule has 0 radical (unpaired) electrons. The molecule has 1 rings (SSSR count). The van der Waals surface area contributed by atoms with E-state index in [1.165, 1.54) is 0 Å². The van der Waals surface area contributed by atoms with Crippen molar-refractivity contribution < 1.29 is 9.59 Å². The van der Waals surface area contributed by atoms with Gasteiger partial charge in [0.2, 0.25) is 11.8 Å². The third kappa shape index (κ3) is 4.00. The first kappa shape index (κ1) is 15.0. The molecule has 18 heavy (non-hydrogen) atoms. The topological polar surface area (TPSA) is 49.4 Å². The highest BCUT2D eigenvalue weighted by Crippen LogP contribution is 2.19. The summed E-state index contributed by atoms with van der Waals surface area (Å²) in [6, 6.07) is 0.247. The summed E-state index contributed by atoms with van der Waals surface area (Å²) in [5.41, 5.74) is 0. The smallest absolute Gasteiger partial charge is 0.225 e. The molecule has 0 unspecified atom stereocenters. The third-order valence-electron chi connectivity index (χ3n) is 3.70. The van der Waals surface area contributed by atoms with E-state index in [0.717, 1.165) is 32.2 Å². The number of rotatable bonds is 7. The van der Waals surface area contributed by atoms with E-state index < -0.39 is 0 Å². The molecular weight excluding hydrogens is 228 g/mol. The highest BCUT2D eigenvalue weighted by Gasteiger charge is 2.34. The molecule has 0 aromatic rings. The van der Waals surface area contributed by atoms with E-state index in [1.807, 2.05) is 4.90 Å². The SMILES string of the molecule is CCCCN1C[C@@H](C(=O)NC(CC)CC)CC1=O. The zero-order chi connectivity index (χ0) is 13.5. The van der Waals surface area contributed by atoms with Crippen molar-refractivity contribution in [3.05, 3.63) is 0 Å². The van der Waals surface area contributed by atoms with Gasteiger partial charge in [0, 0.05) is 25.6 Å². The molecule has 0 bridgehead atoms. The molecule has 0 aromatic carbocycles. The van der Waals surface area contributed by atoms with Gasteiger partial charge in [0.05, 0.1) is 5.92 Å². The lowest BCUT2D eigenvalue weighted by molar-refractivity contribution is -0.129. The second-order valence-electron chi connectivity index (χ2n) is 5.12. The number of amides is 2. The van der Waals surface area contributed by atoms with Crippen LogP contribution in [0.5, 0.6) is 0 Å². The average Bonchev–Trinajstić information content (AvgIpc) is 2.74. The summed E-state index contributed by atoms with van der Waals surface area (Å²) in [5, 5.41) is 3.04. The molecule has 0 saturated carbocycles. The molecule has 4 heteroatoms. The van der Waals surface area contributed by atoms with Crippen molar-refractivity contribution in [1.82, 2.24) is 10.2 Å². The lowest BCUT2D eigenvalue weighted by Crippen LogP contribution is -2.39. The van der Waals surface area contributed by atoms with Crippen LogP contribution in [0.4, 0.5) is 0 Å². The maximum absolute atomic E-state index is 12.0. The average molecular weight is 254 g/mol. The Morgan fingerprint density at radius 2 is 2.06 bits per heavy atom. The number of unbranched alkanes of at least 4 members (excludes halogenated alkanes) is 1. The van der Waals surface area contributed by atoms with Gasteiger partial charge >= 0.3 is 0 Å². The number of carbonyl (C=O) groups excluding carboxylic acids is 2. The Morgan fingerprint density at radius 1 is 1.39 bits per heavy atom. The number of hydrogen-bond acceptors (Lipinski definition) is 2. The van der Waals surface area contributed by atoms with Gasteiger partial charge in [-0.05, 0) is 19.3 Å². The molecule has 0 aliphatic carbocycles. The van der Waals surface area contributed by atoms with Gasteiger partial charge in [-0.1, -0.05) is 27.2 Å². The van der Waals surface area contributed by atoms with Gasteiger partial charge in [0.15, 0.2) is 0 Å². The second kappa shape index (κ2) is 7.39. The van der Waals surface area contributed by atoms with Crippen LogP contribution in [0.25, 0.3) is 0 Å². The minimum Gasteiger partial charge on any atom is -0.353 e. The van der Waals surface area contributed by atoms with Crippen molar-refractivity contribution in [2.75, 3.05) is 13.1 Å². The molecule has 0 aromatic heterocycles. The molecule has 1 N–H and O–H groups in total. The molecule has 1 atom stereocenters. The Bertz CT molecular complexity index is 288. The number of nitrogens with one attached hydrogen (secondary N) is 1. The Kier molecular flexibility index (Phi) is 6.16. The lowest BCUT2D eigenvalue weighted by Gasteiger charge is -2.18. The Morgan fingerprint density at radius 3 is 2.61 bits per heavy atom. The van der Waals surface area contributed by atoms with E-state index in [-0.39, 0.29) is 23.8 Å². The van der Waals surface area contributed by atoms with Crippen LogP contribution in [0.15, 0.2) is 0 Å². The number of nitrogens with zero attached hydrogens (tertiary/aromatic N) is 1. The molecular formula is C14H26N2O2. The van der Waals surface area contributed by atoms with Gasteiger partial charge in [0.1, 0.15) is 0 Å². The summed E-state index contributed by atoms with van der Waals surface area (Å²) in [5.74, 6) is 0.0409. The molecule has 0 spiro atoms. The van der Waals surface area contributed by atoms with Gasteiger partial charge in [-0.15, -0.1) is 0 Å². The van der Waals surface area contributed by atoms with E-state index in [4.69, 9.17) is 0 Å². The number of likely N-dealkylation sites (tertiary alicyclic amines) is 1. The van der Waals surface area contributed by atoms with Crippen LogP contribution in [0, 0.1) is 5.92 Å². The summed E-state index contributed by atoms with van der Waals surface area (Å²) < 4.78 is 0. The summed E-state index contributed by atoms with van der Waals surface area (Å²) in [4.78, 5) is 25.6. The summed E-state index contributed by atoms with van der Waals surface area (Å²) >= 11 is 0. The predicted molar refractivity (Wildman–Crippen MR) is 72.1 cm³/mol. The monoisotopic (exact) mass is 254 g/mol. The van der Waals surface area contributed by atoms with Crippen molar-refractivity contribution in [3.8, 4) is 0 Å². The van der Waals surface area contributed by atoms with Gasteiger partial charge in [-0.3, -0.25) is 9.59 Å². The zero-order valence-corrected chi connectivity index (χ0v) is 11.9. The van der Waals surface area contributed by atoms with E-state index in [2.05, 4.69) is 26.1 Å². The van der Waals surface area contributed by atoms with Crippen molar-refractivity contribution in [3.63, 3.8) is 0 Å². The Balaban J connectivity index is 2.44. The van der Waals surface area contributed by atoms with E-state index in [9.17, 15) is 9.59 Å². The summed E-state index contributed by atoms with van der Waals surface area (Å²) in [6.07, 6.45) is 4.38. The Hall–Kier alpha value is -1.06. The fraction of sp³-hybridized carbons (Fsp3) is 0.857. The molecule has 1 fully saturated rings. The highest BCUT2D eigenvalue weighted by molar-refractivity contribution is 5.89. The van der Waals surface area contributed by atoms with Crippen molar-refractivity contribution >= 4 is 11.8 Å². The van der Waals surface area contributed by atoms with Crippen LogP contribution >= 0.6 is 0 Å². The van der Waals surface area contributed by atoms with Crippen LogP contribution in [0.2, 0.25) is 0 Å². The molecule has 2 amide bonds. The zero-order valence-electron chi connectivity index (χ0n) is 11.9. The normalized spacial score (nSPS) is 19.7. The maximum atomic E-state index is 12.0. The first-order valence-corrected chi connectivity index (χ1v) is 7.20. The fourth-order valence-corrected chi connectivity index (χ4v) is 2.32. The highest BCUT2D eigenvalue weighted by atomic mass is 16.2. The van der Waals surface area contributed by atoms with Crippen LogP contribution in [-0.4, -0.2) is 35.8 Å². The standard InChI is InChI=1S/C14H26N2O2/c1-4-7-8-16-10-11(9-13(16)17)14(18)15-12(5-2)6-3/h11-12H,4-10H2,1-3H3,(H,15,18)/t11-/m0/s1.